The number of benzene rings is 1. The number of carbonyl (C=O) groups excluding carboxylic acids is 1. The summed E-state index contributed by atoms with van der Waals surface area (Å²) in [7, 11) is 3.32. The zero-order valence-electron chi connectivity index (χ0n) is 18.9. The number of nitrogens with one attached hydrogen (secondary N) is 2. The van der Waals surface area contributed by atoms with Gasteiger partial charge >= 0.3 is 0 Å². The number of nitrogens with zero attached hydrogens (tertiary/aromatic N) is 3. The van der Waals surface area contributed by atoms with E-state index in [0.717, 1.165) is 56.1 Å². The molecule has 1 fully saturated rings. The first-order chi connectivity index (χ1) is 15.7. The van der Waals surface area contributed by atoms with Gasteiger partial charge in [0.15, 0.2) is 5.65 Å². The molecule has 2 aromatic heterocycles. The van der Waals surface area contributed by atoms with Gasteiger partial charge in [-0.15, -0.1) is 12.4 Å². The molecule has 1 saturated heterocycles. The van der Waals surface area contributed by atoms with Crippen molar-refractivity contribution in [1.82, 2.24) is 25.2 Å². The maximum Gasteiger partial charge on any atom is 0.253 e. The molecule has 3 heterocycles. The Balaban J connectivity index is 0.00000306. The van der Waals surface area contributed by atoms with Crippen LogP contribution in [0.25, 0.3) is 22.6 Å². The summed E-state index contributed by atoms with van der Waals surface area (Å²) in [5.74, 6) is 1.27. The molecule has 1 aliphatic rings. The first kappa shape index (κ1) is 24.9. The van der Waals surface area contributed by atoms with Crippen LogP contribution < -0.4 is 10.1 Å². The molecule has 10 heteroatoms. The lowest BCUT2D eigenvalue weighted by Crippen LogP contribution is -2.35. The standard InChI is InChI=1S/C23H29N5O4.ClH/c1-30-11-3-7-25-23(29)18-6-8-24-22-20(18)26-21(27-22)16-4-5-17(19(14-16)31-2)15-28-9-12-32-13-10-28;/h4-6,8,14H,3,7,9-13,15H2,1-2H3,(H,25,29)(H,24,26,27);1H. The summed E-state index contributed by atoms with van der Waals surface area (Å²) in [5.41, 5.74) is 3.59. The highest BCUT2D eigenvalue weighted by Gasteiger charge is 2.17. The van der Waals surface area contributed by atoms with Crippen molar-refractivity contribution in [3.8, 4) is 17.1 Å². The van der Waals surface area contributed by atoms with Crippen LogP contribution in [-0.4, -0.2) is 79.4 Å². The molecule has 2 N–H and O–H groups in total. The number of carbonyl (C=O) groups is 1. The van der Waals surface area contributed by atoms with Crippen molar-refractivity contribution in [3.05, 3.63) is 41.6 Å². The third-order valence-electron chi connectivity index (χ3n) is 5.50. The molecule has 0 radical (unpaired) electrons. The minimum absolute atomic E-state index is 0. The number of aromatic nitrogens is 3. The molecule has 9 nitrogen and oxygen atoms in total. The van der Waals surface area contributed by atoms with Crippen molar-refractivity contribution in [2.45, 2.75) is 13.0 Å². The zero-order chi connectivity index (χ0) is 22.3. The van der Waals surface area contributed by atoms with Gasteiger partial charge in [-0.05, 0) is 18.6 Å². The normalized spacial score (nSPS) is 14.1. The molecular weight excluding hydrogens is 446 g/mol. The SMILES string of the molecule is COCCCNC(=O)c1ccnc2[nH]c(-c3ccc(CN4CCOCC4)c(OC)c3)nc12.Cl. The van der Waals surface area contributed by atoms with Gasteiger partial charge in [0.1, 0.15) is 17.1 Å². The maximum absolute atomic E-state index is 12.6. The van der Waals surface area contributed by atoms with Crippen LogP contribution in [0.1, 0.15) is 22.3 Å². The first-order valence-electron chi connectivity index (χ1n) is 10.8. The average molecular weight is 476 g/mol. The summed E-state index contributed by atoms with van der Waals surface area (Å²) in [4.78, 5) is 27.2. The molecule has 1 aromatic carbocycles. The minimum atomic E-state index is -0.176. The molecule has 0 saturated carbocycles. The van der Waals surface area contributed by atoms with Crippen molar-refractivity contribution in [2.75, 3.05) is 53.7 Å². The van der Waals surface area contributed by atoms with Gasteiger partial charge in [0.05, 0.1) is 25.9 Å². The van der Waals surface area contributed by atoms with Crippen molar-refractivity contribution in [2.24, 2.45) is 0 Å². The van der Waals surface area contributed by atoms with Crippen LogP contribution in [0.5, 0.6) is 5.75 Å². The molecule has 1 aliphatic heterocycles. The van der Waals surface area contributed by atoms with Gasteiger partial charge < -0.3 is 24.5 Å². The number of pyridine rings is 1. The number of imidazole rings is 1. The molecule has 33 heavy (non-hydrogen) atoms. The number of amides is 1. The summed E-state index contributed by atoms with van der Waals surface area (Å²) < 4.78 is 16.1. The Hall–Kier alpha value is -2.72. The van der Waals surface area contributed by atoms with Crippen LogP contribution in [-0.2, 0) is 16.0 Å². The van der Waals surface area contributed by atoms with E-state index in [1.165, 1.54) is 0 Å². The second-order valence-corrected chi connectivity index (χ2v) is 7.66. The zero-order valence-corrected chi connectivity index (χ0v) is 19.7. The third-order valence-corrected chi connectivity index (χ3v) is 5.50. The van der Waals surface area contributed by atoms with E-state index < -0.39 is 0 Å². The van der Waals surface area contributed by atoms with Crippen molar-refractivity contribution >= 4 is 29.5 Å². The van der Waals surface area contributed by atoms with Crippen molar-refractivity contribution < 1.29 is 19.0 Å². The quantitative estimate of drug-likeness (QED) is 0.459. The van der Waals surface area contributed by atoms with E-state index in [2.05, 4.69) is 31.2 Å². The Morgan fingerprint density at radius 3 is 2.82 bits per heavy atom. The molecule has 0 aliphatic carbocycles. The molecule has 1 amide bonds. The second kappa shape index (κ2) is 11.9. The fourth-order valence-electron chi connectivity index (χ4n) is 3.77. The van der Waals surface area contributed by atoms with E-state index >= 15 is 0 Å². The Morgan fingerprint density at radius 1 is 1.24 bits per heavy atom. The lowest BCUT2D eigenvalue weighted by molar-refractivity contribution is 0.0339. The predicted octanol–water partition coefficient (Wildman–Crippen LogP) is 2.65. The van der Waals surface area contributed by atoms with Crippen molar-refractivity contribution in [3.63, 3.8) is 0 Å². The molecule has 0 bridgehead atoms. The predicted molar refractivity (Wildman–Crippen MR) is 128 cm³/mol. The Morgan fingerprint density at radius 2 is 2.06 bits per heavy atom. The minimum Gasteiger partial charge on any atom is -0.496 e. The Labute approximate surface area is 199 Å². The van der Waals surface area contributed by atoms with E-state index in [0.29, 0.717) is 35.7 Å². The maximum atomic E-state index is 12.6. The van der Waals surface area contributed by atoms with E-state index in [4.69, 9.17) is 14.2 Å². The summed E-state index contributed by atoms with van der Waals surface area (Å²) in [6.07, 6.45) is 2.36. The number of methoxy groups -OCH3 is 2. The highest BCUT2D eigenvalue weighted by atomic mass is 35.5. The average Bonchev–Trinajstić information content (AvgIpc) is 3.27. The van der Waals surface area contributed by atoms with Crippen LogP contribution in [0, 0.1) is 0 Å². The number of hydrogen-bond donors (Lipinski definition) is 2. The summed E-state index contributed by atoms with van der Waals surface area (Å²) in [5, 5.41) is 2.91. The van der Waals surface area contributed by atoms with Gasteiger partial charge in [0.2, 0.25) is 0 Å². The first-order valence-corrected chi connectivity index (χ1v) is 10.8. The highest BCUT2D eigenvalue weighted by molar-refractivity contribution is 6.04. The lowest BCUT2D eigenvalue weighted by atomic mass is 10.1. The molecule has 0 spiro atoms. The Kier molecular flexibility index (Phi) is 9.02. The second-order valence-electron chi connectivity index (χ2n) is 7.66. The lowest BCUT2D eigenvalue weighted by Gasteiger charge is -2.27. The van der Waals surface area contributed by atoms with Gasteiger partial charge in [-0.1, -0.05) is 12.1 Å². The molecule has 178 valence electrons. The van der Waals surface area contributed by atoms with Gasteiger partial charge in [-0.2, -0.15) is 0 Å². The van der Waals surface area contributed by atoms with E-state index in [-0.39, 0.29) is 18.3 Å². The van der Waals surface area contributed by atoms with Crippen LogP contribution >= 0.6 is 12.4 Å². The number of aromatic amines is 1. The van der Waals surface area contributed by atoms with E-state index in [1.807, 2.05) is 12.1 Å². The Bertz CT molecular complexity index is 1070. The molecule has 4 rings (SSSR count). The number of H-pyrrole nitrogens is 1. The van der Waals surface area contributed by atoms with Crippen LogP contribution in [0.15, 0.2) is 30.5 Å². The topological polar surface area (TPSA) is 102 Å². The number of hydrogen-bond acceptors (Lipinski definition) is 7. The summed E-state index contributed by atoms with van der Waals surface area (Å²) in [6, 6.07) is 7.73. The number of rotatable bonds is 9. The third kappa shape index (κ3) is 6.00. The molecule has 0 unspecified atom stereocenters. The van der Waals surface area contributed by atoms with Gasteiger partial charge in [0, 0.05) is 57.2 Å². The van der Waals surface area contributed by atoms with E-state index in [1.54, 1.807) is 26.5 Å². The summed E-state index contributed by atoms with van der Waals surface area (Å²) >= 11 is 0. The monoisotopic (exact) mass is 475 g/mol. The van der Waals surface area contributed by atoms with Crippen molar-refractivity contribution in [1.29, 1.82) is 0 Å². The number of halogens is 1. The van der Waals surface area contributed by atoms with Crippen LogP contribution in [0.4, 0.5) is 0 Å². The highest BCUT2D eigenvalue weighted by Crippen LogP contribution is 2.28. The number of ether oxygens (including phenoxy) is 3. The molecular formula is C23H30ClN5O4. The van der Waals surface area contributed by atoms with Gasteiger partial charge in [-0.3, -0.25) is 9.69 Å². The fraction of sp³-hybridized carbons (Fsp3) is 0.435. The summed E-state index contributed by atoms with van der Waals surface area (Å²) in [6.45, 7) is 5.29. The van der Waals surface area contributed by atoms with Gasteiger partial charge in [-0.25, -0.2) is 9.97 Å². The number of fused-ring (bicyclic) bond motifs is 1. The largest absolute Gasteiger partial charge is 0.496 e. The van der Waals surface area contributed by atoms with Crippen LogP contribution in [0.2, 0.25) is 0 Å². The van der Waals surface area contributed by atoms with Gasteiger partial charge in [0.25, 0.3) is 5.91 Å². The number of morpholine rings is 1. The van der Waals surface area contributed by atoms with E-state index in [9.17, 15) is 4.79 Å². The smallest absolute Gasteiger partial charge is 0.253 e. The fourth-order valence-corrected chi connectivity index (χ4v) is 3.77. The molecule has 0 atom stereocenters. The molecule has 3 aromatic rings. The van der Waals surface area contributed by atoms with Crippen LogP contribution in [0.3, 0.4) is 0 Å².